The van der Waals surface area contributed by atoms with E-state index in [1.807, 2.05) is 49.5 Å². The number of nitrogens with one attached hydrogen (secondary N) is 2. The third kappa shape index (κ3) is 3.95. The van der Waals surface area contributed by atoms with Gasteiger partial charge in [-0.05, 0) is 42.4 Å². The highest BCUT2D eigenvalue weighted by atomic mass is 16.3. The van der Waals surface area contributed by atoms with Crippen molar-refractivity contribution in [2.75, 3.05) is 12.4 Å². The van der Waals surface area contributed by atoms with Crippen LogP contribution in [0, 0.1) is 0 Å². The summed E-state index contributed by atoms with van der Waals surface area (Å²) in [5, 5.41) is 15.6. The Morgan fingerprint density at radius 1 is 1.00 bits per heavy atom. The number of hydrogen-bond acceptors (Lipinski definition) is 5. The Bertz CT molecular complexity index is 820. The summed E-state index contributed by atoms with van der Waals surface area (Å²) >= 11 is 0. The highest BCUT2D eigenvalue weighted by Gasteiger charge is 2.04. The molecule has 122 valence electrons. The van der Waals surface area contributed by atoms with Gasteiger partial charge in [0.2, 0.25) is 5.95 Å². The van der Waals surface area contributed by atoms with Gasteiger partial charge >= 0.3 is 0 Å². The lowest BCUT2D eigenvalue weighted by Crippen LogP contribution is -2.05. The van der Waals surface area contributed by atoms with Gasteiger partial charge in [0.25, 0.3) is 0 Å². The van der Waals surface area contributed by atoms with Crippen molar-refractivity contribution in [1.82, 2.24) is 15.3 Å². The van der Waals surface area contributed by atoms with Crippen LogP contribution >= 0.6 is 0 Å². The monoisotopic (exact) mass is 320 g/mol. The van der Waals surface area contributed by atoms with Crippen molar-refractivity contribution in [3.63, 3.8) is 0 Å². The molecular weight excluding hydrogens is 300 g/mol. The quantitative estimate of drug-likeness (QED) is 0.651. The van der Waals surface area contributed by atoms with E-state index in [1.54, 1.807) is 6.20 Å². The zero-order chi connectivity index (χ0) is 16.8. The number of rotatable bonds is 6. The molecule has 0 aliphatic heterocycles. The molecule has 1 heterocycles. The summed E-state index contributed by atoms with van der Waals surface area (Å²) in [6.45, 7) is 0.826. The van der Waals surface area contributed by atoms with E-state index >= 15 is 0 Å². The molecule has 0 bridgehead atoms. The molecule has 0 saturated heterocycles. The molecule has 1 aromatic heterocycles. The van der Waals surface area contributed by atoms with Gasteiger partial charge in [-0.25, -0.2) is 9.97 Å². The Hall–Kier alpha value is -2.76. The first-order valence-corrected chi connectivity index (χ1v) is 7.82. The maximum Gasteiger partial charge on any atom is 0.227 e. The standard InChI is InChI=1S/C19H20N4O/c1-20-12-14-4-2-6-16(10-14)18-8-9-21-19(23-18)22-17-7-3-5-15(11-17)13-24/h2-11,20,24H,12-13H2,1H3,(H,21,22,23). The second-order valence-electron chi connectivity index (χ2n) is 5.48. The van der Waals surface area contributed by atoms with Crippen LogP contribution in [0.2, 0.25) is 0 Å². The molecule has 0 atom stereocenters. The van der Waals surface area contributed by atoms with Gasteiger partial charge in [0.15, 0.2) is 0 Å². The smallest absolute Gasteiger partial charge is 0.227 e. The van der Waals surface area contributed by atoms with Crippen LogP contribution in [0.3, 0.4) is 0 Å². The van der Waals surface area contributed by atoms with Gasteiger partial charge < -0.3 is 15.7 Å². The van der Waals surface area contributed by atoms with Gasteiger partial charge in [-0.1, -0.05) is 30.3 Å². The molecule has 5 nitrogen and oxygen atoms in total. The van der Waals surface area contributed by atoms with Crippen molar-refractivity contribution in [3.8, 4) is 11.3 Å². The Labute approximate surface area is 141 Å². The van der Waals surface area contributed by atoms with Crippen LogP contribution in [0.4, 0.5) is 11.6 Å². The van der Waals surface area contributed by atoms with Crippen molar-refractivity contribution in [3.05, 3.63) is 71.9 Å². The molecule has 3 aromatic rings. The first-order valence-electron chi connectivity index (χ1n) is 7.82. The molecule has 3 N–H and O–H groups in total. The largest absolute Gasteiger partial charge is 0.392 e. The molecule has 0 saturated carbocycles. The van der Waals surface area contributed by atoms with Crippen LogP contribution in [0.25, 0.3) is 11.3 Å². The van der Waals surface area contributed by atoms with E-state index in [2.05, 4.69) is 32.7 Å². The highest BCUT2D eigenvalue weighted by Crippen LogP contribution is 2.21. The SMILES string of the molecule is CNCc1cccc(-c2ccnc(Nc3cccc(CO)c3)n2)c1. The third-order valence-electron chi connectivity index (χ3n) is 3.62. The Balaban J connectivity index is 1.84. The molecule has 0 radical (unpaired) electrons. The minimum Gasteiger partial charge on any atom is -0.392 e. The van der Waals surface area contributed by atoms with Crippen LogP contribution in [0.15, 0.2) is 60.8 Å². The summed E-state index contributed by atoms with van der Waals surface area (Å²) in [5.41, 5.74) is 4.82. The molecule has 0 aliphatic carbocycles. The zero-order valence-electron chi connectivity index (χ0n) is 13.5. The number of aliphatic hydroxyl groups is 1. The van der Waals surface area contributed by atoms with Crippen molar-refractivity contribution in [2.45, 2.75) is 13.2 Å². The summed E-state index contributed by atoms with van der Waals surface area (Å²) in [5.74, 6) is 0.529. The molecule has 5 heteroatoms. The third-order valence-corrected chi connectivity index (χ3v) is 3.62. The molecule has 0 aliphatic rings. The van der Waals surface area contributed by atoms with Crippen LogP contribution in [-0.2, 0) is 13.2 Å². The molecule has 3 rings (SSSR count). The van der Waals surface area contributed by atoms with Gasteiger partial charge in [0.1, 0.15) is 0 Å². The topological polar surface area (TPSA) is 70.1 Å². The molecule has 24 heavy (non-hydrogen) atoms. The van der Waals surface area contributed by atoms with Crippen LogP contribution in [0.5, 0.6) is 0 Å². The van der Waals surface area contributed by atoms with Crippen LogP contribution in [0.1, 0.15) is 11.1 Å². The molecule has 2 aromatic carbocycles. The number of nitrogens with zero attached hydrogens (tertiary/aromatic N) is 2. The summed E-state index contributed by atoms with van der Waals surface area (Å²) in [4.78, 5) is 8.87. The van der Waals surface area contributed by atoms with Gasteiger partial charge in [0, 0.05) is 24.0 Å². The average Bonchev–Trinajstić information content (AvgIpc) is 2.63. The summed E-state index contributed by atoms with van der Waals surface area (Å²) in [6, 6.07) is 17.7. The Kier molecular flexibility index (Phi) is 5.15. The van der Waals surface area contributed by atoms with Crippen molar-refractivity contribution in [1.29, 1.82) is 0 Å². The second-order valence-corrected chi connectivity index (χ2v) is 5.48. The lowest BCUT2D eigenvalue weighted by molar-refractivity contribution is 0.282. The molecule has 0 fully saturated rings. The van der Waals surface area contributed by atoms with E-state index < -0.39 is 0 Å². The fraction of sp³-hybridized carbons (Fsp3) is 0.158. The van der Waals surface area contributed by atoms with E-state index in [1.165, 1.54) is 5.56 Å². The van der Waals surface area contributed by atoms with Gasteiger partial charge in [-0.15, -0.1) is 0 Å². The van der Waals surface area contributed by atoms with Gasteiger partial charge in [-0.2, -0.15) is 0 Å². The first-order chi connectivity index (χ1) is 11.8. The Morgan fingerprint density at radius 2 is 1.83 bits per heavy atom. The summed E-state index contributed by atoms with van der Waals surface area (Å²) < 4.78 is 0. The lowest BCUT2D eigenvalue weighted by Gasteiger charge is -2.08. The number of aliphatic hydroxyl groups excluding tert-OH is 1. The maximum absolute atomic E-state index is 9.23. The van der Waals surface area contributed by atoms with Gasteiger partial charge in [0.05, 0.1) is 12.3 Å². The van der Waals surface area contributed by atoms with Crippen LogP contribution < -0.4 is 10.6 Å². The molecular formula is C19H20N4O. The summed E-state index contributed by atoms with van der Waals surface area (Å²) in [6.07, 6.45) is 1.74. The number of anilines is 2. The number of hydrogen-bond donors (Lipinski definition) is 3. The van der Waals surface area contributed by atoms with E-state index in [0.717, 1.165) is 29.1 Å². The fourth-order valence-corrected chi connectivity index (χ4v) is 2.50. The first kappa shape index (κ1) is 16.1. The van der Waals surface area contributed by atoms with Crippen molar-refractivity contribution in [2.24, 2.45) is 0 Å². The predicted octanol–water partition coefficient (Wildman–Crippen LogP) is 3.10. The highest BCUT2D eigenvalue weighted by molar-refractivity contribution is 5.62. The average molecular weight is 320 g/mol. The number of aromatic nitrogens is 2. The number of benzene rings is 2. The molecule has 0 amide bonds. The van der Waals surface area contributed by atoms with E-state index in [0.29, 0.717) is 5.95 Å². The maximum atomic E-state index is 9.23. The second kappa shape index (κ2) is 7.68. The lowest BCUT2D eigenvalue weighted by atomic mass is 10.1. The van der Waals surface area contributed by atoms with Crippen molar-refractivity contribution >= 4 is 11.6 Å². The normalized spacial score (nSPS) is 10.6. The minimum absolute atomic E-state index is 0.00860. The molecule has 0 spiro atoms. The predicted molar refractivity (Wildman–Crippen MR) is 95.9 cm³/mol. The van der Waals surface area contributed by atoms with Crippen molar-refractivity contribution < 1.29 is 5.11 Å². The van der Waals surface area contributed by atoms with E-state index in [9.17, 15) is 5.11 Å². The zero-order valence-corrected chi connectivity index (χ0v) is 13.5. The van der Waals surface area contributed by atoms with Gasteiger partial charge in [-0.3, -0.25) is 0 Å². The summed E-state index contributed by atoms with van der Waals surface area (Å²) in [7, 11) is 1.93. The van der Waals surface area contributed by atoms with E-state index in [4.69, 9.17) is 0 Å². The van der Waals surface area contributed by atoms with Crippen LogP contribution in [-0.4, -0.2) is 22.1 Å². The molecule has 0 unspecified atom stereocenters. The van der Waals surface area contributed by atoms with E-state index in [-0.39, 0.29) is 6.61 Å². The minimum atomic E-state index is 0.00860. The fourth-order valence-electron chi connectivity index (χ4n) is 2.50. The Morgan fingerprint density at radius 3 is 2.67 bits per heavy atom.